The van der Waals surface area contributed by atoms with Gasteiger partial charge in [0.15, 0.2) is 0 Å². The van der Waals surface area contributed by atoms with Crippen LogP contribution in [0.3, 0.4) is 0 Å². The van der Waals surface area contributed by atoms with Crippen LogP contribution in [0.15, 0.2) is 47.3 Å². The largest absolute Gasteiger partial charge is 0.338 e. The molecular formula is C21H30N4O2. The molecule has 0 radical (unpaired) electrons. The van der Waals surface area contributed by atoms with E-state index in [0.29, 0.717) is 13.1 Å². The molecule has 27 heavy (non-hydrogen) atoms. The number of nitrogens with zero attached hydrogens (tertiary/aromatic N) is 2. The standard InChI is InChI=1S/C21H30N4O2/c1-2-3-15-22-21(27)23-16-9-4-5-10-17-25-20(26)14-13-19(24-25)18-11-7-6-8-12-18/h6-8,11-14H,2-5,9-10,15-17H2,1H3,(H2,22,23,27). The van der Waals surface area contributed by atoms with Crippen LogP contribution in [0.5, 0.6) is 0 Å². The quantitative estimate of drug-likeness (QED) is 0.594. The monoisotopic (exact) mass is 370 g/mol. The Kier molecular flexibility index (Phi) is 9.10. The van der Waals surface area contributed by atoms with E-state index in [-0.39, 0.29) is 11.6 Å². The maximum Gasteiger partial charge on any atom is 0.314 e. The van der Waals surface area contributed by atoms with Crippen molar-refractivity contribution >= 4 is 6.03 Å². The second-order valence-corrected chi connectivity index (χ2v) is 6.60. The fourth-order valence-electron chi connectivity index (χ4n) is 2.76. The minimum absolute atomic E-state index is 0.0694. The molecule has 0 saturated heterocycles. The molecule has 0 aliphatic rings. The van der Waals surface area contributed by atoms with E-state index in [4.69, 9.17) is 0 Å². The summed E-state index contributed by atoms with van der Waals surface area (Å²) < 4.78 is 1.54. The SMILES string of the molecule is CCCCNC(=O)NCCCCCCn1nc(-c2ccccc2)ccc1=O. The molecule has 0 aliphatic heterocycles. The van der Waals surface area contributed by atoms with Gasteiger partial charge in [0.25, 0.3) is 5.56 Å². The number of hydrogen-bond donors (Lipinski definition) is 2. The van der Waals surface area contributed by atoms with Crippen LogP contribution in [0, 0.1) is 0 Å². The number of carbonyl (C=O) groups excluding carboxylic acids is 1. The normalized spacial score (nSPS) is 10.6. The Hall–Kier alpha value is -2.63. The Morgan fingerprint density at radius 2 is 1.63 bits per heavy atom. The molecule has 1 aromatic heterocycles. The van der Waals surface area contributed by atoms with Crippen molar-refractivity contribution in [3.05, 3.63) is 52.8 Å². The lowest BCUT2D eigenvalue weighted by Crippen LogP contribution is -2.36. The molecule has 2 amide bonds. The highest BCUT2D eigenvalue weighted by atomic mass is 16.2. The van der Waals surface area contributed by atoms with Gasteiger partial charge in [-0.1, -0.05) is 56.5 Å². The number of rotatable bonds is 11. The minimum Gasteiger partial charge on any atom is -0.338 e. The number of aryl methyl sites for hydroxylation is 1. The lowest BCUT2D eigenvalue weighted by molar-refractivity contribution is 0.240. The zero-order valence-electron chi connectivity index (χ0n) is 16.1. The van der Waals surface area contributed by atoms with E-state index in [1.165, 1.54) is 0 Å². The Bertz CT molecular complexity index is 743. The van der Waals surface area contributed by atoms with Crippen molar-refractivity contribution in [2.75, 3.05) is 13.1 Å². The average Bonchev–Trinajstić information content (AvgIpc) is 2.69. The molecule has 0 fully saturated rings. The molecule has 2 aromatic rings. The highest BCUT2D eigenvalue weighted by Crippen LogP contribution is 2.14. The van der Waals surface area contributed by atoms with Gasteiger partial charge in [-0.2, -0.15) is 5.10 Å². The summed E-state index contributed by atoms with van der Waals surface area (Å²) in [4.78, 5) is 23.5. The Balaban J connectivity index is 1.66. The molecule has 2 N–H and O–H groups in total. The highest BCUT2D eigenvalue weighted by Gasteiger charge is 2.03. The maximum absolute atomic E-state index is 12.0. The zero-order valence-corrected chi connectivity index (χ0v) is 16.1. The van der Waals surface area contributed by atoms with E-state index in [0.717, 1.165) is 56.3 Å². The number of benzene rings is 1. The lowest BCUT2D eigenvalue weighted by atomic mass is 10.1. The van der Waals surface area contributed by atoms with Crippen molar-refractivity contribution in [3.63, 3.8) is 0 Å². The Morgan fingerprint density at radius 3 is 2.37 bits per heavy atom. The molecule has 0 spiro atoms. The van der Waals surface area contributed by atoms with Crippen molar-refractivity contribution in [1.29, 1.82) is 0 Å². The van der Waals surface area contributed by atoms with Gasteiger partial charge in [0, 0.05) is 31.3 Å². The summed E-state index contributed by atoms with van der Waals surface area (Å²) in [5.41, 5.74) is 1.75. The summed E-state index contributed by atoms with van der Waals surface area (Å²) in [6.07, 6.45) is 5.94. The molecule has 1 aromatic carbocycles. The van der Waals surface area contributed by atoms with Crippen LogP contribution < -0.4 is 16.2 Å². The van der Waals surface area contributed by atoms with Gasteiger partial charge >= 0.3 is 6.03 Å². The number of nitrogens with one attached hydrogen (secondary N) is 2. The van der Waals surface area contributed by atoms with Gasteiger partial charge in [-0.25, -0.2) is 9.48 Å². The first kappa shape index (κ1) is 20.7. The second-order valence-electron chi connectivity index (χ2n) is 6.60. The van der Waals surface area contributed by atoms with Gasteiger partial charge in [0.05, 0.1) is 5.69 Å². The summed E-state index contributed by atoms with van der Waals surface area (Å²) in [5.74, 6) is 0. The molecule has 6 heteroatoms. The van der Waals surface area contributed by atoms with Crippen LogP contribution in [0.25, 0.3) is 11.3 Å². The molecule has 6 nitrogen and oxygen atoms in total. The molecular weight excluding hydrogens is 340 g/mol. The fourth-order valence-corrected chi connectivity index (χ4v) is 2.76. The first-order valence-electron chi connectivity index (χ1n) is 9.86. The zero-order chi connectivity index (χ0) is 19.3. The maximum atomic E-state index is 12.0. The van der Waals surface area contributed by atoms with E-state index in [1.54, 1.807) is 16.8 Å². The molecule has 2 rings (SSSR count). The molecule has 0 atom stereocenters. The topological polar surface area (TPSA) is 76.0 Å². The fraction of sp³-hybridized carbons (Fsp3) is 0.476. The van der Waals surface area contributed by atoms with Gasteiger partial charge in [-0.15, -0.1) is 0 Å². The van der Waals surface area contributed by atoms with Crippen molar-refractivity contribution in [2.24, 2.45) is 0 Å². The van der Waals surface area contributed by atoms with E-state index in [9.17, 15) is 9.59 Å². The summed E-state index contributed by atoms with van der Waals surface area (Å²) >= 11 is 0. The van der Waals surface area contributed by atoms with Gasteiger partial charge in [0.2, 0.25) is 0 Å². The van der Waals surface area contributed by atoms with Gasteiger partial charge < -0.3 is 10.6 Å². The summed E-state index contributed by atoms with van der Waals surface area (Å²) in [5, 5.41) is 10.2. The number of hydrogen-bond acceptors (Lipinski definition) is 3. The summed E-state index contributed by atoms with van der Waals surface area (Å²) in [6, 6.07) is 13.1. The van der Waals surface area contributed by atoms with Crippen molar-refractivity contribution in [1.82, 2.24) is 20.4 Å². The highest BCUT2D eigenvalue weighted by molar-refractivity contribution is 5.73. The molecule has 0 saturated carbocycles. The molecule has 146 valence electrons. The van der Waals surface area contributed by atoms with E-state index < -0.39 is 0 Å². The van der Waals surface area contributed by atoms with Crippen LogP contribution in [0.1, 0.15) is 45.4 Å². The van der Waals surface area contributed by atoms with Crippen molar-refractivity contribution in [2.45, 2.75) is 52.0 Å². The third kappa shape index (κ3) is 7.64. The van der Waals surface area contributed by atoms with Gasteiger partial charge in [-0.05, 0) is 25.3 Å². The van der Waals surface area contributed by atoms with Crippen LogP contribution in [-0.4, -0.2) is 28.9 Å². The minimum atomic E-state index is -0.0862. The summed E-state index contributed by atoms with van der Waals surface area (Å²) in [7, 11) is 0. The van der Waals surface area contributed by atoms with Gasteiger partial charge in [0.1, 0.15) is 0 Å². The van der Waals surface area contributed by atoms with E-state index in [2.05, 4.69) is 22.7 Å². The predicted octanol–water partition coefficient (Wildman–Crippen LogP) is 3.57. The molecule has 0 aliphatic carbocycles. The molecule has 0 unspecified atom stereocenters. The number of unbranched alkanes of at least 4 members (excludes halogenated alkanes) is 4. The van der Waals surface area contributed by atoms with Crippen molar-refractivity contribution in [3.8, 4) is 11.3 Å². The van der Waals surface area contributed by atoms with Crippen LogP contribution in [0.4, 0.5) is 4.79 Å². The first-order valence-corrected chi connectivity index (χ1v) is 9.86. The molecule has 0 bridgehead atoms. The number of aromatic nitrogens is 2. The number of urea groups is 1. The Labute approximate surface area is 161 Å². The van der Waals surface area contributed by atoms with Crippen LogP contribution in [0.2, 0.25) is 0 Å². The van der Waals surface area contributed by atoms with E-state index >= 15 is 0 Å². The number of amides is 2. The van der Waals surface area contributed by atoms with Crippen LogP contribution >= 0.6 is 0 Å². The third-order valence-corrected chi connectivity index (χ3v) is 4.33. The van der Waals surface area contributed by atoms with Gasteiger partial charge in [-0.3, -0.25) is 4.79 Å². The predicted molar refractivity (Wildman–Crippen MR) is 109 cm³/mol. The average molecular weight is 370 g/mol. The Morgan fingerprint density at radius 1 is 0.926 bits per heavy atom. The third-order valence-electron chi connectivity index (χ3n) is 4.33. The van der Waals surface area contributed by atoms with Crippen LogP contribution in [-0.2, 0) is 6.54 Å². The van der Waals surface area contributed by atoms with E-state index in [1.807, 2.05) is 30.3 Å². The van der Waals surface area contributed by atoms with Crippen molar-refractivity contribution < 1.29 is 4.79 Å². The number of carbonyl (C=O) groups is 1. The lowest BCUT2D eigenvalue weighted by Gasteiger charge is -2.08. The second kappa shape index (κ2) is 11.9. The first-order chi connectivity index (χ1) is 13.2. The molecule has 1 heterocycles. The smallest absolute Gasteiger partial charge is 0.314 e. The summed E-state index contributed by atoms with van der Waals surface area (Å²) in [6.45, 7) is 4.12.